The van der Waals surface area contributed by atoms with Crippen LogP contribution in [0.4, 0.5) is 0 Å². The molecule has 2 bridgehead atoms. The highest BCUT2D eigenvalue weighted by molar-refractivity contribution is 6.70. The van der Waals surface area contributed by atoms with Gasteiger partial charge in [-0.1, -0.05) is 20.8 Å². The maximum atomic E-state index is 11.9. The Balaban J connectivity index is 2.73. The molecule has 2 rings (SSSR count). The third kappa shape index (κ3) is 0.792. The third-order valence-electron chi connectivity index (χ3n) is 4.88. The van der Waals surface area contributed by atoms with Crippen LogP contribution >= 0.6 is 11.6 Å². The minimum absolute atomic E-state index is 0.406. The Bertz CT molecular complexity index is 399. The van der Waals surface area contributed by atoms with Gasteiger partial charge in [-0.3, -0.25) is 14.4 Å². The molecule has 2 atom stereocenters. The van der Waals surface area contributed by atoms with Crippen molar-refractivity contribution in [2.24, 2.45) is 16.2 Å². The second kappa shape index (κ2) is 2.51. The van der Waals surface area contributed by atoms with E-state index in [0.29, 0.717) is 12.8 Å². The lowest BCUT2D eigenvalue weighted by Crippen LogP contribution is -2.42. The standard InChI is InChI=1S/C11H13ClO3/c1-9(2)10(3)4-5-11(9,8(12)15)7(14)6(10)13/h4-5H2,1-3H3/t10-,11-/m0/s1. The zero-order chi connectivity index (χ0) is 11.6. The van der Waals surface area contributed by atoms with Gasteiger partial charge in [0, 0.05) is 5.41 Å². The molecule has 3 nitrogen and oxygen atoms in total. The zero-order valence-corrected chi connectivity index (χ0v) is 9.77. The smallest absolute Gasteiger partial charge is 0.236 e. The summed E-state index contributed by atoms with van der Waals surface area (Å²) in [6, 6.07) is 0. The van der Waals surface area contributed by atoms with Crippen LogP contribution in [0.25, 0.3) is 0 Å². The fourth-order valence-corrected chi connectivity index (χ4v) is 3.62. The SMILES string of the molecule is CC1(C)[C@@]2(C(=O)Cl)CC[C@@]1(C)C(=O)C2=O. The van der Waals surface area contributed by atoms with Crippen LogP contribution in [0, 0.1) is 16.2 Å². The van der Waals surface area contributed by atoms with E-state index in [0.717, 1.165) is 0 Å². The third-order valence-corrected chi connectivity index (χ3v) is 5.20. The van der Waals surface area contributed by atoms with Crippen molar-refractivity contribution in [1.82, 2.24) is 0 Å². The first-order valence-electron chi connectivity index (χ1n) is 5.01. The number of carbonyl (C=O) groups excluding carboxylic acids is 3. The van der Waals surface area contributed by atoms with Crippen LogP contribution in [0.5, 0.6) is 0 Å². The second-order valence-electron chi connectivity index (χ2n) is 5.29. The number of rotatable bonds is 1. The molecule has 0 N–H and O–H groups in total. The lowest BCUT2D eigenvalue weighted by atomic mass is 9.65. The normalized spacial score (nSPS) is 42.4. The molecule has 4 heteroatoms. The number of fused-ring (bicyclic) bond motifs is 2. The predicted octanol–water partition coefficient (Wildman–Crippen LogP) is 1.72. The number of Topliss-reactive ketones (excluding diaryl/α,β-unsaturated/α-hetero) is 2. The first-order valence-corrected chi connectivity index (χ1v) is 5.39. The fourth-order valence-electron chi connectivity index (χ4n) is 3.21. The van der Waals surface area contributed by atoms with Crippen LogP contribution < -0.4 is 0 Å². The molecule has 0 amide bonds. The van der Waals surface area contributed by atoms with Gasteiger partial charge in [-0.2, -0.15) is 0 Å². The molecule has 0 aromatic carbocycles. The highest BCUT2D eigenvalue weighted by Crippen LogP contribution is 2.69. The minimum atomic E-state index is -1.26. The molecule has 2 aliphatic carbocycles. The first-order chi connectivity index (χ1) is 6.72. The molecule has 0 saturated heterocycles. The van der Waals surface area contributed by atoms with Crippen molar-refractivity contribution in [2.45, 2.75) is 33.6 Å². The highest BCUT2D eigenvalue weighted by Gasteiger charge is 2.77. The van der Waals surface area contributed by atoms with E-state index in [4.69, 9.17) is 11.6 Å². The van der Waals surface area contributed by atoms with Crippen molar-refractivity contribution in [1.29, 1.82) is 0 Å². The van der Waals surface area contributed by atoms with Crippen LogP contribution in [-0.2, 0) is 14.4 Å². The fraction of sp³-hybridized carbons (Fsp3) is 0.727. The van der Waals surface area contributed by atoms with Crippen molar-refractivity contribution in [3.8, 4) is 0 Å². The largest absolute Gasteiger partial charge is 0.290 e. The Kier molecular flexibility index (Phi) is 1.81. The van der Waals surface area contributed by atoms with Gasteiger partial charge < -0.3 is 0 Å². The summed E-state index contributed by atoms with van der Waals surface area (Å²) in [5.41, 5.74) is -2.64. The Morgan fingerprint density at radius 3 is 1.93 bits per heavy atom. The van der Waals surface area contributed by atoms with Gasteiger partial charge in [0.25, 0.3) is 0 Å². The molecule has 0 aromatic rings. The maximum absolute atomic E-state index is 11.9. The minimum Gasteiger partial charge on any atom is -0.290 e. The Morgan fingerprint density at radius 1 is 1.13 bits per heavy atom. The lowest BCUT2D eigenvalue weighted by molar-refractivity contribution is -0.146. The highest BCUT2D eigenvalue weighted by atomic mass is 35.5. The number of ketones is 2. The van der Waals surface area contributed by atoms with Gasteiger partial charge in [-0.05, 0) is 29.9 Å². The lowest BCUT2D eigenvalue weighted by Gasteiger charge is -2.35. The summed E-state index contributed by atoms with van der Waals surface area (Å²) >= 11 is 5.56. The van der Waals surface area contributed by atoms with E-state index in [1.54, 1.807) is 20.8 Å². The van der Waals surface area contributed by atoms with Crippen LogP contribution in [0.15, 0.2) is 0 Å². The van der Waals surface area contributed by atoms with Gasteiger partial charge in [-0.25, -0.2) is 0 Å². The predicted molar refractivity (Wildman–Crippen MR) is 54.4 cm³/mol. The van der Waals surface area contributed by atoms with Crippen molar-refractivity contribution >= 4 is 28.4 Å². The molecule has 0 spiro atoms. The van der Waals surface area contributed by atoms with Crippen molar-refractivity contribution in [2.75, 3.05) is 0 Å². The average Bonchev–Trinajstić information content (AvgIpc) is 2.39. The summed E-state index contributed by atoms with van der Waals surface area (Å²) in [6.07, 6.45) is 0.979. The van der Waals surface area contributed by atoms with Crippen molar-refractivity contribution in [3.05, 3.63) is 0 Å². The maximum Gasteiger partial charge on any atom is 0.236 e. The van der Waals surface area contributed by atoms with E-state index in [-0.39, 0.29) is 0 Å². The molecule has 2 aliphatic rings. The Labute approximate surface area is 93.2 Å². The number of hydrogen-bond donors (Lipinski definition) is 0. The van der Waals surface area contributed by atoms with Crippen LogP contribution in [0.3, 0.4) is 0 Å². The number of hydrogen-bond acceptors (Lipinski definition) is 3. The van der Waals surface area contributed by atoms with Gasteiger partial charge >= 0.3 is 0 Å². The number of carbonyl (C=O) groups is 3. The van der Waals surface area contributed by atoms with E-state index in [1.807, 2.05) is 0 Å². The van der Waals surface area contributed by atoms with Gasteiger partial charge in [0.2, 0.25) is 16.8 Å². The molecule has 2 saturated carbocycles. The summed E-state index contributed by atoms with van der Waals surface area (Å²) in [7, 11) is 0. The summed E-state index contributed by atoms with van der Waals surface area (Å²) in [5, 5.41) is -0.674. The van der Waals surface area contributed by atoms with E-state index in [9.17, 15) is 14.4 Å². The van der Waals surface area contributed by atoms with Crippen LogP contribution in [-0.4, -0.2) is 16.8 Å². The van der Waals surface area contributed by atoms with Crippen LogP contribution in [0.1, 0.15) is 33.6 Å². The zero-order valence-electron chi connectivity index (χ0n) is 9.02. The Hall–Kier alpha value is -0.700. The molecule has 0 heterocycles. The molecule has 15 heavy (non-hydrogen) atoms. The average molecular weight is 229 g/mol. The van der Waals surface area contributed by atoms with Crippen molar-refractivity contribution < 1.29 is 14.4 Å². The topological polar surface area (TPSA) is 51.2 Å². The molecule has 0 unspecified atom stereocenters. The summed E-state index contributed by atoms with van der Waals surface area (Å²) in [6.45, 7) is 5.36. The molecule has 0 radical (unpaired) electrons. The first kappa shape index (κ1) is 10.8. The van der Waals surface area contributed by atoms with Crippen molar-refractivity contribution in [3.63, 3.8) is 0 Å². The van der Waals surface area contributed by atoms with Crippen LogP contribution in [0.2, 0.25) is 0 Å². The Morgan fingerprint density at radius 2 is 1.67 bits per heavy atom. The molecular formula is C11H13ClO3. The quantitative estimate of drug-likeness (QED) is 0.390. The molecule has 0 aliphatic heterocycles. The summed E-state index contributed by atoms with van der Waals surface area (Å²) in [4.78, 5) is 35.3. The molecular weight excluding hydrogens is 216 g/mol. The van der Waals surface area contributed by atoms with Gasteiger partial charge in [-0.15, -0.1) is 0 Å². The van der Waals surface area contributed by atoms with E-state index < -0.39 is 33.1 Å². The molecule has 2 fully saturated rings. The van der Waals surface area contributed by atoms with Gasteiger partial charge in [0.15, 0.2) is 0 Å². The van der Waals surface area contributed by atoms with E-state index in [2.05, 4.69) is 0 Å². The monoisotopic (exact) mass is 228 g/mol. The van der Waals surface area contributed by atoms with E-state index in [1.165, 1.54) is 0 Å². The summed E-state index contributed by atoms with van der Waals surface area (Å²) in [5.74, 6) is -1.01. The van der Waals surface area contributed by atoms with Gasteiger partial charge in [0.1, 0.15) is 5.41 Å². The molecule has 82 valence electrons. The van der Waals surface area contributed by atoms with Gasteiger partial charge in [0.05, 0.1) is 0 Å². The second-order valence-corrected chi connectivity index (χ2v) is 5.64. The molecule has 0 aromatic heterocycles. The summed E-state index contributed by atoms with van der Waals surface area (Å²) < 4.78 is 0. The number of halogens is 1. The van der Waals surface area contributed by atoms with E-state index >= 15 is 0 Å².